The fraction of sp³-hybridized carbons (Fsp3) is 0.200. The standard InChI is InChI=1S/C15H13F3O/c1-10-4-3-5-13(14(10)15(16,17)18)11-6-8-12(19-2)9-7-11/h3-9H,1-2H3. The minimum absolute atomic E-state index is 0.190. The molecule has 0 amide bonds. The Balaban J connectivity index is 2.58. The fourth-order valence-corrected chi connectivity index (χ4v) is 2.06. The first kappa shape index (κ1) is 13.5. The van der Waals surface area contributed by atoms with Crippen LogP contribution in [-0.2, 0) is 6.18 Å². The third kappa shape index (κ3) is 2.72. The van der Waals surface area contributed by atoms with Crippen molar-refractivity contribution in [1.29, 1.82) is 0 Å². The topological polar surface area (TPSA) is 9.23 Å². The van der Waals surface area contributed by atoms with E-state index in [1.807, 2.05) is 0 Å². The molecule has 4 heteroatoms. The summed E-state index contributed by atoms with van der Waals surface area (Å²) in [5.41, 5.74) is 0.355. The third-order valence-electron chi connectivity index (χ3n) is 2.96. The zero-order chi connectivity index (χ0) is 14.0. The van der Waals surface area contributed by atoms with Crippen LogP contribution in [0.25, 0.3) is 11.1 Å². The van der Waals surface area contributed by atoms with Crippen molar-refractivity contribution in [3.63, 3.8) is 0 Å². The molecule has 0 saturated carbocycles. The number of alkyl halides is 3. The molecule has 0 aliphatic rings. The summed E-state index contributed by atoms with van der Waals surface area (Å²) in [5, 5.41) is 0. The molecule has 0 atom stereocenters. The van der Waals surface area contributed by atoms with Crippen molar-refractivity contribution < 1.29 is 17.9 Å². The second-order valence-corrected chi connectivity index (χ2v) is 4.22. The maximum atomic E-state index is 13.1. The molecule has 0 aliphatic carbocycles. The van der Waals surface area contributed by atoms with Crippen LogP contribution >= 0.6 is 0 Å². The second-order valence-electron chi connectivity index (χ2n) is 4.22. The Hall–Kier alpha value is -1.97. The lowest BCUT2D eigenvalue weighted by Crippen LogP contribution is -2.09. The van der Waals surface area contributed by atoms with E-state index in [2.05, 4.69) is 0 Å². The summed E-state index contributed by atoms with van der Waals surface area (Å²) in [6.07, 6.45) is -4.36. The number of ether oxygens (including phenoxy) is 1. The summed E-state index contributed by atoms with van der Waals surface area (Å²) in [6, 6.07) is 11.1. The van der Waals surface area contributed by atoms with Crippen LogP contribution < -0.4 is 4.74 Å². The highest BCUT2D eigenvalue weighted by Crippen LogP contribution is 2.39. The van der Waals surface area contributed by atoms with Crippen molar-refractivity contribution in [1.82, 2.24) is 0 Å². The summed E-state index contributed by atoms with van der Waals surface area (Å²) in [6.45, 7) is 1.47. The molecule has 2 aromatic carbocycles. The van der Waals surface area contributed by atoms with Crippen LogP contribution in [-0.4, -0.2) is 7.11 Å². The number of rotatable bonds is 2. The predicted octanol–water partition coefficient (Wildman–Crippen LogP) is 4.69. The lowest BCUT2D eigenvalue weighted by Gasteiger charge is -2.15. The van der Waals surface area contributed by atoms with Crippen molar-refractivity contribution in [2.24, 2.45) is 0 Å². The van der Waals surface area contributed by atoms with Gasteiger partial charge < -0.3 is 4.74 Å². The van der Waals surface area contributed by atoms with Gasteiger partial charge in [-0.15, -0.1) is 0 Å². The van der Waals surface area contributed by atoms with E-state index in [1.165, 1.54) is 26.2 Å². The molecular weight excluding hydrogens is 253 g/mol. The molecule has 0 aromatic heterocycles. The Labute approximate surface area is 109 Å². The molecule has 100 valence electrons. The summed E-state index contributed by atoms with van der Waals surface area (Å²) in [7, 11) is 1.52. The van der Waals surface area contributed by atoms with Crippen LogP contribution in [0, 0.1) is 6.92 Å². The van der Waals surface area contributed by atoms with Gasteiger partial charge in [0.05, 0.1) is 12.7 Å². The van der Waals surface area contributed by atoms with Crippen LogP contribution in [0.2, 0.25) is 0 Å². The monoisotopic (exact) mass is 266 g/mol. The molecule has 0 saturated heterocycles. The van der Waals surface area contributed by atoms with E-state index in [1.54, 1.807) is 30.3 Å². The molecule has 0 unspecified atom stereocenters. The quantitative estimate of drug-likeness (QED) is 0.766. The highest BCUT2D eigenvalue weighted by Gasteiger charge is 2.35. The SMILES string of the molecule is COc1ccc(-c2cccc(C)c2C(F)(F)F)cc1. The van der Waals surface area contributed by atoms with Crippen LogP contribution in [0.1, 0.15) is 11.1 Å². The van der Waals surface area contributed by atoms with E-state index in [-0.39, 0.29) is 11.1 Å². The largest absolute Gasteiger partial charge is 0.497 e. The van der Waals surface area contributed by atoms with Crippen molar-refractivity contribution in [3.8, 4) is 16.9 Å². The van der Waals surface area contributed by atoms with Crippen molar-refractivity contribution >= 4 is 0 Å². The van der Waals surface area contributed by atoms with Gasteiger partial charge >= 0.3 is 6.18 Å². The summed E-state index contributed by atoms with van der Waals surface area (Å²) >= 11 is 0. The van der Waals surface area contributed by atoms with Gasteiger partial charge in [0.25, 0.3) is 0 Å². The molecule has 1 nitrogen and oxygen atoms in total. The van der Waals surface area contributed by atoms with Crippen LogP contribution in [0.15, 0.2) is 42.5 Å². The van der Waals surface area contributed by atoms with E-state index in [9.17, 15) is 13.2 Å². The Morgan fingerprint density at radius 3 is 2.11 bits per heavy atom. The van der Waals surface area contributed by atoms with Crippen LogP contribution in [0.3, 0.4) is 0 Å². The first-order valence-corrected chi connectivity index (χ1v) is 5.74. The minimum atomic E-state index is -4.36. The van der Waals surface area contributed by atoms with E-state index in [0.29, 0.717) is 11.3 Å². The third-order valence-corrected chi connectivity index (χ3v) is 2.96. The normalized spacial score (nSPS) is 11.4. The molecule has 0 fully saturated rings. The van der Waals surface area contributed by atoms with Crippen molar-refractivity contribution in [2.75, 3.05) is 7.11 Å². The maximum Gasteiger partial charge on any atom is 0.417 e. The molecule has 0 bridgehead atoms. The molecule has 0 heterocycles. The predicted molar refractivity (Wildman–Crippen MR) is 68.2 cm³/mol. The van der Waals surface area contributed by atoms with Gasteiger partial charge in [-0.25, -0.2) is 0 Å². The van der Waals surface area contributed by atoms with Gasteiger partial charge in [-0.1, -0.05) is 30.3 Å². The first-order valence-electron chi connectivity index (χ1n) is 5.74. The first-order chi connectivity index (χ1) is 8.93. The van der Waals surface area contributed by atoms with Crippen molar-refractivity contribution in [2.45, 2.75) is 13.1 Å². The molecule has 2 rings (SSSR count). The average molecular weight is 266 g/mol. The number of methoxy groups -OCH3 is 1. The van der Waals surface area contributed by atoms with Crippen LogP contribution in [0.5, 0.6) is 5.75 Å². The molecular formula is C15H13F3O. The summed E-state index contributed by atoms with van der Waals surface area (Å²) in [4.78, 5) is 0. The van der Waals surface area contributed by atoms with Gasteiger partial charge in [-0.05, 0) is 35.7 Å². The average Bonchev–Trinajstić information content (AvgIpc) is 2.37. The molecule has 19 heavy (non-hydrogen) atoms. The minimum Gasteiger partial charge on any atom is -0.497 e. The van der Waals surface area contributed by atoms with Crippen LogP contribution in [0.4, 0.5) is 13.2 Å². The highest BCUT2D eigenvalue weighted by atomic mass is 19.4. The molecule has 0 spiro atoms. The number of hydrogen-bond donors (Lipinski definition) is 0. The summed E-state index contributed by atoms with van der Waals surface area (Å²) in [5.74, 6) is 0.616. The smallest absolute Gasteiger partial charge is 0.417 e. The Morgan fingerprint density at radius 1 is 0.947 bits per heavy atom. The van der Waals surface area contributed by atoms with Gasteiger partial charge in [0, 0.05) is 0 Å². The Bertz CT molecular complexity index is 571. The Kier molecular flexibility index (Phi) is 3.51. The summed E-state index contributed by atoms with van der Waals surface area (Å²) < 4.78 is 44.4. The zero-order valence-corrected chi connectivity index (χ0v) is 10.6. The maximum absolute atomic E-state index is 13.1. The lowest BCUT2D eigenvalue weighted by atomic mass is 9.95. The van der Waals surface area contributed by atoms with E-state index < -0.39 is 11.7 Å². The highest BCUT2D eigenvalue weighted by molar-refractivity contribution is 5.70. The van der Waals surface area contributed by atoms with E-state index >= 15 is 0 Å². The zero-order valence-electron chi connectivity index (χ0n) is 10.6. The number of aryl methyl sites for hydroxylation is 1. The molecule has 2 aromatic rings. The van der Waals surface area contributed by atoms with Gasteiger partial charge in [0.2, 0.25) is 0 Å². The second kappa shape index (κ2) is 4.96. The van der Waals surface area contributed by atoms with E-state index in [4.69, 9.17) is 4.74 Å². The number of benzene rings is 2. The lowest BCUT2D eigenvalue weighted by molar-refractivity contribution is -0.137. The number of halogens is 3. The van der Waals surface area contributed by atoms with Gasteiger partial charge in [-0.2, -0.15) is 13.2 Å². The molecule has 0 radical (unpaired) electrons. The van der Waals surface area contributed by atoms with E-state index in [0.717, 1.165) is 0 Å². The fourth-order valence-electron chi connectivity index (χ4n) is 2.06. The van der Waals surface area contributed by atoms with Crippen molar-refractivity contribution in [3.05, 3.63) is 53.6 Å². The van der Waals surface area contributed by atoms with Gasteiger partial charge in [-0.3, -0.25) is 0 Å². The molecule has 0 aliphatic heterocycles. The molecule has 0 N–H and O–H groups in total. The Morgan fingerprint density at radius 2 is 1.58 bits per heavy atom. The van der Waals surface area contributed by atoms with Gasteiger partial charge in [0.15, 0.2) is 0 Å². The van der Waals surface area contributed by atoms with Gasteiger partial charge in [0.1, 0.15) is 5.75 Å². The number of hydrogen-bond acceptors (Lipinski definition) is 1.